The SMILES string of the molecule is CC1CCC(C)N(C2CCCC(N)(C(=O)O)C2)C1. The minimum absolute atomic E-state index is 0.359. The summed E-state index contributed by atoms with van der Waals surface area (Å²) in [5.41, 5.74) is 5.06. The van der Waals surface area contributed by atoms with Gasteiger partial charge in [-0.15, -0.1) is 0 Å². The molecule has 0 radical (unpaired) electrons. The molecular formula is C14H26N2O2. The molecule has 1 saturated heterocycles. The van der Waals surface area contributed by atoms with Gasteiger partial charge < -0.3 is 10.8 Å². The average Bonchev–Trinajstić information content (AvgIpc) is 2.32. The Morgan fingerprint density at radius 1 is 1.33 bits per heavy atom. The van der Waals surface area contributed by atoms with E-state index in [0.29, 0.717) is 24.9 Å². The van der Waals surface area contributed by atoms with Gasteiger partial charge in [-0.05, 0) is 51.4 Å². The van der Waals surface area contributed by atoms with Gasteiger partial charge in [-0.1, -0.05) is 6.92 Å². The van der Waals surface area contributed by atoms with E-state index in [9.17, 15) is 9.90 Å². The number of rotatable bonds is 2. The summed E-state index contributed by atoms with van der Waals surface area (Å²) in [6.07, 6.45) is 5.78. The van der Waals surface area contributed by atoms with Crippen molar-refractivity contribution in [1.82, 2.24) is 4.90 Å². The first-order chi connectivity index (χ1) is 8.42. The van der Waals surface area contributed by atoms with Gasteiger partial charge in [-0.25, -0.2) is 0 Å². The van der Waals surface area contributed by atoms with E-state index in [0.717, 1.165) is 25.3 Å². The molecule has 0 aromatic carbocycles. The quantitative estimate of drug-likeness (QED) is 0.789. The number of carboxylic acids is 1. The summed E-state index contributed by atoms with van der Waals surface area (Å²) in [7, 11) is 0. The largest absolute Gasteiger partial charge is 0.480 e. The lowest BCUT2D eigenvalue weighted by Gasteiger charge is -2.46. The summed E-state index contributed by atoms with van der Waals surface area (Å²) in [6.45, 7) is 5.65. The minimum atomic E-state index is -0.997. The molecule has 1 aliphatic carbocycles. The van der Waals surface area contributed by atoms with Crippen LogP contribution in [-0.4, -0.2) is 40.1 Å². The predicted molar refractivity (Wildman–Crippen MR) is 71.4 cm³/mol. The van der Waals surface area contributed by atoms with Crippen LogP contribution in [0.15, 0.2) is 0 Å². The van der Waals surface area contributed by atoms with Crippen LogP contribution in [0.1, 0.15) is 52.4 Å². The Kier molecular flexibility index (Phi) is 3.97. The van der Waals surface area contributed by atoms with E-state index in [-0.39, 0.29) is 0 Å². The number of hydrogen-bond donors (Lipinski definition) is 2. The molecule has 0 aromatic rings. The summed E-state index contributed by atoms with van der Waals surface area (Å²) < 4.78 is 0. The first-order valence-electron chi connectivity index (χ1n) is 7.20. The lowest BCUT2D eigenvalue weighted by molar-refractivity contribution is -0.145. The summed E-state index contributed by atoms with van der Waals surface area (Å²) in [5.74, 6) is -0.106. The number of nitrogens with zero attached hydrogens (tertiary/aromatic N) is 1. The molecule has 104 valence electrons. The molecule has 0 aromatic heterocycles. The zero-order valence-corrected chi connectivity index (χ0v) is 11.6. The second kappa shape index (κ2) is 5.17. The second-order valence-corrected chi connectivity index (χ2v) is 6.44. The zero-order valence-electron chi connectivity index (χ0n) is 11.6. The van der Waals surface area contributed by atoms with Crippen LogP contribution in [-0.2, 0) is 4.79 Å². The normalized spacial score (nSPS) is 42.7. The van der Waals surface area contributed by atoms with Gasteiger partial charge in [0.05, 0.1) is 0 Å². The fourth-order valence-electron chi connectivity index (χ4n) is 3.59. The highest BCUT2D eigenvalue weighted by molar-refractivity contribution is 5.78. The molecule has 2 fully saturated rings. The molecule has 0 amide bonds. The van der Waals surface area contributed by atoms with E-state index < -0.39 is 11.5 Å². The Labute approximate surface area is 110 Å². The molecule has 1 heterocycles. The third kappa shape index (κ3) is 2.69. The van der Waals surface area contributed by atoms with Crippen molar-refractivity contribution in [2.75, 3.05) is 6.54 Å². The van der Waals surface area contributed by atoms with Crippen molar-refractivity contribution >= 4 is 5.97 Å². The fourth-order valence-corrected chi connectivity index (χ4v) is 3.59. The number of carboxylic acid groups (broad SMARTS) is 1. The van der Waals surface area contributed by atoms with Crippen molar-refractivity contribution in [3.05, 3.63) is 0 Å². The first kappa shape index (κ1) is 13.8. The highest BCUT2D eigenvalue weighted by Gasteiger charge is 2.42. The molecule has 2 rings (SSSR count). The Hall–Kier alpha value is -0.610. The van der Waals surface area contributed by atoms with Gasteiger partial charge in [0.1, 0.15) is 5.54 Å². The number of likely N-dealkylation sites (tertiary alicyclic amines) is 1. The average molecular weight is 254 g/mol. The molecular weight excluding hydrogens is 228 g/mol. The number of piperidine rings is 1. The predicted octanol–water partition coefficient (Wildman–Crippen LogP) is 1.83. The monoisotopic (exact) mass is 254 g/mol. The van der Waals surface area contributed by atoms with Crippen molar-refractivity contribution in [3.8, 4) is 0 Å². The molecule has 3 N–H and O–H groups in total. The standard InChI is InChI=1S/C14H26N2O2/c1-10-5-6-11(2)16(9-10)12-4-3-7-14(15,8-12)13(17)18/h10-12H,3-9,15H2,1-2H3,(H,17,18). The molecule has 0 spiro atoms. The van der Waals surface area contributed by atoms with Crippen molar-refractivity contribution in [2.24, 2.45) is 11.7 Å². The van der Waals surface area contributed by atoms with Crippen LogP contribution in [0.4, 0.5) is 0 Å². The minimum Gasteiger partial charge on any atom is -0.480 e. The zero-order chi connectivity index (χ0) is 13.3. The van der Waals surface area contributed by atoms with Gasteiger partial charge in [0, 0.05) is 18.6 Å². The van der Waals surface area contributed by atoms with Crippen LogP contribution < -0.4 is 5.73 Å². The van der Waals surface area contributed by atoms with E-state index in [4.69, 9.17) is 5.73 Å². The lowest BCUT2D eigenvalue weighted by Crippen LogP contribution is -2.58. The third-order valence-corrected chi connectivity index (χ3v) is 4.82. The maximum absolute atomic E-state index is 11.3. The van der Waals surface area contributed by atoms with Gasteiger partial charge >= 0.3 is 5.97 Å². The van der Waals surface area contributed by atoms with Crippen LogP contribution in [0.25, 0.3) is 0 Å². The van der Waals surface area contributed by atoms with Crippen LogP contribution in [0, 0.1) is 5.92 Å². The van der Waals surface area contributed by atoms with Crippen LogP contribution in [0.3, 0.4) is 0 Å². The third-order valence-electron chi connectivity index (χ3n) is 4.82. The number of hydrogen-bond acceptors (Lipinski definition) is 3. The van der Waals surface area contributed by atoms with Crippen molar-refractivity contribution in [3.63, 3.8) is 0 Å². The Morgan fingerprint density at radius 2 is 2.06 bits per heavy atom. The van der Waals surface area contributed by atoms with Crippen LogP contribution in [0.5, 0.6) is 0 Å². The van der Waals surface area contributed by atoms with E-state index in [1.165, 1.54) is 12.8 Å². The van der Waals surface area contributed by atoms with Gasteiger partial charge in [-0.2, -0.15) is 0 Å². The summed E-state index contributed by atoms with van der Waals surface area (Å²) in [6, 6.07) is 0.931. The van der Waals surface area contributed by atoms with Gasteiger partial charge in [-0.3, -0.25) is 9.69 Å². The topological polar surface area (TPSA) is 66.6 Å². The van der Waals surface area contributed by atoms with Crippen molar-refractivity contribution < 1.29 is 9.90 Å². The van der Waals surface area contributed by atoms with E-state index >= 15 is 0 Å². The lowest BCUT2D eigenvalue weighted by atomic mass is 9.78. The fraction of sp³-hybridized carbons (Fsp3) is 0.929. The summed E-state index contributed by atoms with van der Waals surface area (Å²) in [4.78, 5) is 13.8. The maximum Gasteiger partial charge on any atom is 0.323 e. The molecule has 1 aliphatic heterocycles. The Bertz CT molecular complexity index is 321. The molecule has 4 atom stereocenters. The highest BCUT2D eigenvalue weighted by Crippen LogP contribution is 2.34. The first-order valence-corrected chi connectivity index (χ1v) is 7.20. The van der Waals surface area contributed by atoms with E-state index in [1.807, 2.05) is 0 Å². The summed E-state index contributed by atoms with van der Waals surface area (Å²) >= 11 is 0. The van der Waals surface area contributed by atoms with Crippen molar-refractivity contribution in [1.29, 1.82) is 0 Å². The van der Waals surface area contributed by atoms with Gasteiger partial charge in [0.15, 0.2) is 0 Å². The maximum atomic E-state index is 11.3. The number of carbonyl (C=O) groups is 1. The molecule has 4 heteroatoms. The molecule has 4 nitrogen and oxygen atoms in total. The van der Waals surface area contributed by atoms with Crippen LogP contribution >= 0.6 is 0 Å². The van der Waals surface area contributed by atoms with Crippen LogP contribution in [0.2, 0.25) is 0 Å². The number of nitrogens with two attached hydrogens (primary N) is 1. The molecule has 18 heavy (non-hydrogen) atoms. The Morgan fingerprint density at radius 3 is 2.72 bits per heavy atom. The molecule has 4 unspecified atom stereocenters. The van der Waals surface area contributed by atoms with E-state index in [1.54, 1.807) is 0 Å². The summed E-state index contributed by atoms with van der Waals surface area (Å²) in [5, 5.41) is 9.29. The molecule has 1 saturated carbocycles. The second-order valence-electron chi connectivity index (χ2n) is 6.44. The number of aliphatic carboxylic acids is 1. The smallest absolute Gasteiger partial charge is 0.323 e. The highest BCUT2D eigenvalue weighted by atomic mass is 16.4. The van der Waals surface area contributed by atoms with Crippen molar-refractivity contribution in [2.45, 2.75) is 70.0 Å². The molecule has 2 aliphatic rings. The molecule has 0 bridgehead atoms. The Balaban J connectivity index is 2.06. The van der Waals surface area contributed by atoms with Gasteiger partial charge in [0.2, 0.25) is 0 Å². The van der Waals surface area contributed by atoms with E-state index in [2.05, 4.69) is 18.7 Å². The van der Waals surface area contributed by atoms with Gasteiger partial charge in [0.25, 0.3) is 0 Å².